The average Bonchev–Trinajstić information content (AvgIpc) is 2.38. The van der Waals surface area contributed by atoms with Crippen LogP contribution in [0.15, 0.2) is 12.1 Å². The number of rotatable bonds is 7. The van der Waals surface area contributed by atoms with Gasteiger partial charge >= 0.3 is 0 Å². The second-order valence-corrected chi connectivity index (χ2v) is 7.34. The van der Waals surface area contributed by atoms with Gasteiger partial charge in [-0.1, -0.05) is 54.4 Å². The fourth-order valence-electron chi connectivity index (χ4n) is 3.33. The van der Waals surface area contributed by atoms with E-state index >= 15 is 0 Å². The van der Waals surface area contributed by atoms with Crippen LogP contribution < -0.4 is 4.74 Å². The van der Waals surface area contributed by atoms with Gasteiger partial charge in [0.1, 0.15) is 11.5 Å². The molecule has 120 valence electrons. The van der Waals surface area contributed by atoms with Gasteiger partial charge in [0.05, 0.1) is 7.11 Å². The minimum absolute atomic E-state index is 0.00496. The predicted molar refractivity (Wildman–Crippen MR) is 90.5 cm³/mol. The van der Waals surface area contributed by atoms with Crippen LogP contribution in [0.2, 0.25) is 0 Å². The molecule has 0 saturated carbocycles. The van der Waals surface area contributed by atoms with Gasteiger partial charge in [-0.05, 0) is 35.8 Å². The molecule has 0 fully saturated rings. The summed E-state index contributed by atoms with van der Waals surface area (Å²) < 4.78 is 5.64. The summed E-state index contributed by atoms with van der Waals surface area (Å²) in [6.45, 7) is 13.2. The van der Waals surface area contributed by atoms with Gasteiger partial charge in [-0.25, -0.2) is 0 Å². The standard InChI is InChI=1S/C19H32O2/c1-8-10-18(3,4)14-13-17(21-7)15(12-16(14)20)19(5,6)11-9-2/h12-13,20H,8-11H2,1-7H3. The fraction of sp³-hybridized carbons (Fsp3) is 0.684. The first-order valence-electron chi connectivity index (χ1n) is 8.11. The fourth-order valence-corrected chi connectivity index (χ4v) is 3.33. The predicted octanol–water partition coefficient (Wildman–Crippen LogP) is 5.56. The third kappa shape index (κ3) is 3.93. The van der Waals surface area contributed by atoms with E-state index in [4.69, 9.17) is 4.74 Å². The van der Waals surface area contributed by atoms with Crippen LogP contribution in [0.25, 0.3) is 0 Å². The molecule has 0 bridgehead atoms. The van der Waals surface area contributed by atoms with Crippen LogP contribution in [0.4, 0.5) is 0 Å². The lowest BCUT2D eigenvalue weighted by molar-refractivity contribution is 0.370. The molecular weight excluding hydrogens is 260 g/mol. The van der Waals surface area contributed by atoms with Gasteiger partial charge in [-0.2, -0.15) is 0 Å². The van der Waals surface area contributed by atoms with Crippen molar-refractivity contribution in [1.82, 2.24) is 0 Å². The Morgan fingerprint density at radius 2 is 1.38 bits per heavy atom. The number of methoxy groups -OCH3 is 1. The number of hydrogen-bond donors (Lipinski definition) is 1. The van der Waals surface area contributed by atoms with Crippen LogP contribution in [-0.2, 0) is 10.8 Å². The second-order valence-electron chi connectivity index (χ2n) is 7.34. The molecule has 2 heteroatoms. The van der Waals surface area contributed by atoms with Crippen molar-refractivity contribution in [3.63, 3.8) is 0 Å². The SMILES string of the molecule is CCCC(C)(C)c1cc(OC)c(C(C)(C)CCC)cc1O. The maximum atomic E-state index is 10.5. The summed E-state index contributed by atoms with van der Waals surface area (Å²) in [5, 5.41) is 10.5. The van der Waals surface area contributed by atoms with E-state index in [2.05, 4.69) is 41.5 Å². The molecule has 0 heterocycles. The Hall–Kier alpha value is -1.18. The number of aromatic hydroxyl groups is 1. The molecule has 0 aromatic heterocycles. The van der Waals surface area contributed by atoms with E-state index in [0.29, 0.717) is 5.75 Å². The van der Waals surface area contributed by atoms with Crippen molar-refractivity contribution in [3.05, 3.63) is 23.3 Å². The molecular formula is C19H32O2. The monoisotopic (exact) mass is 292 g/mol. The molecule has 0 radical (unpaired) electrons. The Morgan fingerprint density at radius 1 is 0.905 bits per heavy atom. The molecule has 0 aliphatic heterocycles. The van der Waals surface area contributed by atoms with Crippen molar-refractivity contribution >= 4 is 0 Å². The summed E-state index contributed by atoms with van der Waals surface area (Å²) in [5.41, 5.74) is 2.04. The summed E-state index contributed by atoms with van der Waals surface area (Å²) in [4.78, 5) is 0. The molecule has 0 saturated heterocycles. The molecule has 0 amide bonds. The van der Waals surface area contributed by atoms with Crippen molar-refractivity contribution in [2.75, 3.05) is 7.11 Å². The van der Waals surface area contributed by atoms with E-state index in [1.807, 2.05) is 12.1 Å². The van der Waals surface area contributed by atoms with Crippen LogP contribution in [0.1, 0.15) is 78.4 Å². The zero-order valence-corrected chi connectivity index (χ0v) is 14.8. The molecule has 2 nitrogen and oxygen atoms in total. The molecule has 0 atom stereocenters. The summed E-state index contributed by atoms with van der Waals surface area (Å²) in [6, 6.07) is 3.96. The second kappa shape index (κ2) is 6.72. The van der Waals surface area contributed by atoms with E-state index in [-0.39, 0.29) is 10.8 Å². The first kappa shape index (κ1) is 17.9. The van der Waals surface area contributed by atoms with Crippen molar-refractivity contribution in [2.24, 2.45) is 0 Å². The Kier molecular flexibility index (Phi) is 5.72. The third-order valence-electron chi connectivity index (χ3n) is 4.53. The highest BCUT2D eigenvalue weighted by Crippen LogP contribution is 2.43. The topological polar surface area (TPSA) is 29.5 Å². The van der Waals surface area contributed by atoms with Gasteiger partial charge in [-0.3, -0.25) is 0 Å². The van der Waals surface area contributed by atoms with Gasteiger partial charge in [0.25, 0.3) is 0 Å². The Balaban J connectivity index is 3.38. The molecule has 0 spiro atoms. The summed E-state index contributed by atoms with van der Waals surface area (Å²) in [6.07, 6.45) is 4.32. The van der Waals surface area contributed by atoms with E-state index in [9.17, 15) is 5.11 Å². The highest BCUT2D eigenvalue weighted by molar-refractivity contribution is 5.51. The maximum absolute atomic E-state index is 10.5. The minimum atomic E-state index is -0.0421. The number of phenolic OH excluding ortho intramolecular Hbond substituents is 1. The molecule has 0 aliphatic carbocycles. The minimum Gasteiger partial charge on any atom is -0.508 e. The van der Waals surface area contributed by atoms with Crippen molar-refractivity contribution < 1.29 is 9.84 Å². The van der Waals surface area contributed by atoms with Crippen molar-refractivity contribution in [3.8, 4) is 11.5 Å². The molecule has 0 aliphatic rings. The molecule has 21 heavy (non-hydrogen) atoms. The zero-order valence-electron chi connectivity index (χ0n) is 14.8. The van der Waals surface area contributed by atoms with E-state index in [1.165, 1.54) is 0 Å². The van der Waals surface area contributed by atoms with E-state index in [1.54, 1.807) is 7.11 Å². The van der Waals surface area contributed by atoms with Crippen LogP contribution in [0, 0.1) is 0 Å². The first-order valence-corrected chi connectivity index (χ1v) is 8.11. The van der Waals surface area contributed by atoms with Gasteiger partial charge in [0.2, 0.25) is 0 Å². The molecule has 1 aromatic rings. The summed E-state index contributed by atoms with van der Waals surface area (Å²) >= 11 is 0. The molecule has 1 aromatic carbocycles. The molecule has 1 rings (SSSR count). The lowest BCUT2D eigenvalue weighted by Gasteiger charge is -2.31. The number of ether oxygens (including phenoxy) is 1. The van der Waals surface area contributed by atoms with Crippen LogP contribution in [0.5, 0.6) is 11.5 Å². The lowest BCUT2D eigenvalue weighted by Crippen LogP contribution is -2.21. The van der Waals surface area contributed by atoms with Crippen molar-refractivity contribution in [1.29, 1.82) is 0 Å². The van der Waals surface area contributed by atoms with Gasteiger partial charge in [0.15, 0.2) is 0 Å². The van der Waals surface area contributed by atoms with Crippen LogP contribution in [0.3, 0.4) is 0 Å². The van der Waals surface area contributed by atoms with Gasteiger partial charge < -0.3 is 9.84 Å². The lowest BCUT2D eigenvalue weighted by atomic mass is 9.76. The van der Waals surface area contributed by atoms with E-state index in [0.717, 1.165) is 42.6 Å². The quantitative estimate of drug-likeness (QED) is 0.713. The highest BCUT2D eigenvalue weighted by atomic mass is 16.5. The van der Waals surface area contributed by atoms with Crippen LogP contribution in [-0.4, -0.2) is 12.2 Å². The first-order chi connectivity index (χ1) is 9.69. The largest absolute Gasteiger partial charge is 0.508 e. The van der Waals surface area contributed by atoms with E-state index < -0.39 is 0 Å². The highest BCUT2D eigenvalue weighted by Gasteiger charge is 2.29. The number of hydrogen-bond acceptors (Lipinski definition) is 2. The summed E-state index contributed by atoms with van der Waals surface area (Å²) in [7, 11) is 1.72. The zero-order chi connectivity index (χ0) is 16.3. The Labute approximate surface area is 130 Å². The van der Waals surface area contributed by atoms with Gasteiger partial charge in [0, 0.05) is 11.1 Å². The molecule has 1 N–H and O–H groups in total. The Morgan fingerprint density at radius 3 is 1.81 bits per heavy atom. The normalized spacial score (nSPS) is 12.5. The van der Waals surface area contributed by atoms with Crippen molar-refractivity contribution in [2.45, 2.75) is 78.1 Å². The average molecular weight is 292 g/mol. The smallest absolute Gasteiger partial charge is 0.123 e. The number of benzene rings is 1. The van der Waals surface area contributed by atoms with Gasteiger partial charge in [-0.15, -0.1) is 0 Å². The van der Waals surface area contributed by atoms with Crippen LogP contribution >= 0.6 is 0 Å². The Bertz CT molecular complexity index is 473. The maximum Gasteiger partial charge on any atom is 0.123 e. The number of phenols is 1. The summed E-state index contributed by atoms with van der Waals surface area (Å²) in [5.74, 6) is 1.29. The molecule has 0 unspecified atom stereocenters. The third-order valence-corrected chi connectivity index (χ3v) is 4.53.